The minimum Gasteiger partial charge on any atom is -0.357 e. The van der Waals surface area contributed by atoms with Crippen LogP contribution in [0.25, 0.3) is 0 Å². The van der Waals surface area contributed by atoms with Crippen LogP contribution in [0.15, 0.2) is 59.7 Å². The summed E-state index contributed by atoms with van der Waals surface area (Å²) in [6, 6.07) is 16.1. The quantitative estimate of drug-likeness (QED) is 0.384. The summed E-state index contributed by atoms with van der Waals surface area (Å²) < 4.78 is 0. The maximum absolute atomic E-state index is 10.9. The molecule has 0 spiro atoms. The van der Waals surface area contributed by atoms with Crippen LogP contribution in [-0.4, -0.2) is 16.3 Å². The highest BCUT2D eigenvalue weighted by atomic mass is 32.1. The van der Waals surface area contributed by atoms with Crippen LogP contribution in [0.3, 0.4) is 0 Å². The molecule has 0 fully saturated rings. The number of nitrogens with zero attached hydrogens (tertiary/aromatic N) is 2. The Morgan fingerprint density at radius 2 is 1.86 bits per heavy atom. The fraction of sp³-hybridized carbons (Fsp3) is 0.0667. The Balaban J connectivity index is 1.87. The molecule has 0 atom stereocenters. The van der Waals surface area contributed by atoms with Crippen LogP contribution in [0.1, 0.15) is 11.1 Å². The smallest absolute Gasteiger partial charge is 0.278 e. The molecule has 6 nitrogen and oxygen atoms in total. The minimum absolute atomic E-state index is 0.00351. The Morgan fingerprint density at radius 3 is 2.59 bits per heavy atom. The summed E-state index contributed by atoms with van der Waals surface area (Å²) >= 11 is 5.08. The zero-order valence-corrected chi connectivity index (χ0v) is 12.4. The summed E-state index contributed by atoms with van der Waals surface area (Å²) in [6.07, 6.45) is 1.37. The number of nitro groups is 1. The van der Waals surface area contributed by atoms with Gasteiger partial charge in [-0.05, 0) is 23.8 Å². The first-order valence-corrected chi connectivity index (χ1v) is 6.92. The van der Waals surface area contributed by atoms with Crippen molar-refractivity contribution in [2.24, 2.45) is 5.10 Å². The second-order valence-electron chi connectivity index (χ2n) is 4.35. The molecule has 0 amide bonds. The topological polar surface area (TPSA) is 79.6 Å². The lowest BCUT2D eigenvalue weighted by atomic mass is 10.2. The van der Waals surface area contributed by atoms with E-state index in [1.807, 2.05) is 30.3 Å². The van der Waals surface area contributed by atoms with Crippen LogP contribution >= 0.6 is 12.2 Å². The summed E-state index contributed by atoms with van der Waals surface area (Å²) in [5.41, 5.74) is 4.13. The first kappa shape index (κ1) is 15.6. The number of hydrogen-bond acceptors (Lipinski definition) is 4. The van der Waals surface area contributed by atoms with Crippen molar-refractivity contribution in [1.29, 1.82) is 0 Å². The predicted molar refractivity (Wildman–Crippen MR) is 89.7 cm³/mol. The molecule has 0 aliphatic carbocycles. The average molecular weight is 314 g/mol. The maximum atomic E-state index is 10.9. The Labute approximate surface area is 133 Å². The zero-order chi connectivity index (χ0) is 15.8. The molecule has 112 valence electrons. The number of para-hydroxylation sites is 1. The van der Waals surface area contributed by atoms with Crippen molar-refractivity contribution in [3.8, 4) is 0 Å². The summed E-state index contributed by atoms with van der Waals surface area (Å²) in [5, 5.41) is 18.1. The molecular weight excluding hydrogens is 300 g/mol. The van der Waals surface area contributed by atoms with Crippen molar-refractivity contribution < 1.29 is 4.92 Å². The van der Waals surface area contributed by atoms with E-state index >= 15 is 0 Å². The molecule has 0 aromatic heterocycles. The largest absolute Gasteiger partial charge is 0.357 e. The van der Waals surface area contributed by atoms with Gasteiger partial charge in [0.25, 0.3) is 5.69 Å². The van der Waals surface area contributed by atoms with Gasteiger partial charge in [-0.25, -0.2) is 0 Å². The van der Waals surface area contributed by atoms with Gasteiger partial charge in [0.15, 0.2) is 5.11 Å². The van der Waals surface area contributed by atoms with Crippen LogP contribution in [0.2, 0.25) is 0 Å². The number of hydrogen-bond donors (Lipinski definition) is 2. The van der Waals surface area contributed by atoms with Crippen molar-refractivity contribution in [3.05, 3.63) is 75.8 Å². The molecule has 0 saturated heterocycles. The molecule has 0 aliphatic heterocycles. The average Bonchev–Trinajstić information content (AvgIpc) is 2.54. The molecule has 0 radical (unpaired) electrons. The fourth-order valence-corrected chi connectivity index (χ4v) is 1.87. The molecule has 2 aromatic carbocycles. The van der Waals surface area contributed by atoms with Crippen molar-refractivity contribution in [2.45, 2.75) is 6.54 Å². The van der Waals surface area contributed by atoms with E-state index in [4.69, 9.17) is 12.2 Å². The van der Waals surface area contributed by atoms with Gasteiger partial charge in [-0.1, -0.05) is 42.5 Å². The van der Waals surface area contributed by atoms with Gasteiger partial charge in [0.2, 0.25) is 0 Å². The first-order chi connectivity index (χ1) is 10.7. The van der Waals surface area contributed by atoms with Crippen molar-refractivity contribution in [3.63, 3.8) is 0 Å². The summed E-state index contributed by atoms with van der Waals surface area (Å²) in [5.74, 6) is 0. The van der Waals surface area contributed by atoms with E-state index in [1.54, 1.807) is 18.2 Å². The van der Waals surface area contributed by atoms with Crippen molar-refractivity contribution in [1.82, 2.24) is 10.7 Å². The van der Waals surface area contributed by atoms with E-state index in [1.165, 1.54) is 12.3 Å². The Bertz CT molecular complexity index is 689. The van der Waals surface area contributed by atoms with Gasteiger partial charge in [0, 0.05) is 12.6 Å². The molecule has 2 aromatic rings. The highest BCUT2D eigenvalue weighted by Crippen LogP contribution is 2.14. The number of nitrogens with one attached hydrogen (secondary N) is 2. The third-order valence-electron chi connectivity index (χ3n) is 2.80. The molecular formula is C15H14N4O2S. The van der Waals surface area contributed by atoms with Crippen LogP contribution in [0, 0.1) is 10.1 Å². The fourth-order valence-electron chi connectivity index (χ4n) is 1.74. The number of hydrazone groups is 1. The van der Waals surface area contributed by atoms with E-state index in [0.717, 1.165) is 5.56 Å². The van der Waals surface area contributed by atoms with E-state index in [9.17, 15) is 10.1 Å². The zero-order valence-electron chi connectivity index (χ0n) is 11.6. The lowest BCUT2D eigenvalue weighted by molar-refractivity contribution is -0.385. The van der Waals surface area contributed by atoms with Crippen LogP contribution in [0.4, 0.5) is 5.69 Å². The molecule has 2 N–H and O–H groups in total. The predicted octanol–water partition coefficient (Wildman–Crippen LogP) is 2.59. The van der Waals surface area contributed by atoms with Crippen molar-refractivity contribution >= 4 is 29.2 Å². The summed E-state index contributed by atoms with van der Waals surface area (Å²) in [4.78, 5) is 10.4. The molecule has 2 rings (SSSR count). The lowest BCUT2D eigenvalue weighted by Gasteiger charge is -2.06. The summed E-state index contributed by atoms with van der Waals surface area (Å²) in [7, 11) is 0. The van der Waals surface area contributed by atoms with Crippen molar-refractivity contribution in [2.75, 3.05) is 0 Å². The van der Waals surface area contributed by atoms with Gasteiger partial charge < -0.3 is 5.32 Å². The van der Waals surface area contributed by atoms with Crippen LogP contribution in [-0.2, 0) is 6.54 Å². The molecule has 7 heteroatoms. The standard InChI is InChI=1S/C15H14N4O2S/c20-19(21)14-9-5-4-8-13(14)11-17-18-15(22)16-10-12-6-2-1-3-7-12/h1-9,11H,10H2,(H2,16,18,22). The number of benzene rings is 2. The summed E-state index contributed by atoms with van der Waals surface area (Å²) in [6.45, 7) is 0.577. The monoisotopic (exact) mass is 314 g/mol. The SMILES string of the molecule is O=[N+]([O-])c1ccccc1C=NNC(=S)NCc1ccccc1. The van der Waals surface area contributed by atoms with E-state index in [0.29, 0.717) is 17.2 Å². The highest BCUT2D eigenvalue weighted by molar-refractivity contribution is 7.80. The van der Waals surface area contributed by atoms with Crippen LogP contribution < -0.4 is 10.7 Å². The van der Waals surface area contributed by atoms with E-state index in [2.05, 4.69) is 15.8 Å². The van der Waals surface area contributed by atoms with Gasteiger partial charge in [0.1, 0.15) is 0 Å². The van der Waals surface area contributed by atoms with Crippen LogP contribution in [0.5, 0.6) is 0 Å². The second kappa shape index (κ2) is 7.84. The Hall–Kier alpha value is -2.80. The third-order valence-corrected chi connectivity index (χ3v) is 3.03. The molecule has 0 unspecified atom stereocenters. The number of nitro benzene ring substituents is 1. The number of thiocarbonyl (C=S) groups is 1. The Morgan fingerprint density at radius 1 is 1.18 bits per heavy atom. The maximum Gasteiger partial charge on any atom is 0.278 e. The van der Waals surface area contributed by atoms with Gasteiger partial charge in [0.05, 0.1) is 16.7 Å². The van der Waals surface area contributed by atoms with Gasteiger partial charge >= 0.3 is 0 Å². The van der Waals surface area contributed by atoms with Gasteiger partial charge in [-0.2, -0.15) is 5.10 Å². The second-order valence-corrected chi connectivity index (χ2v) is 4.76. The highest BCUT2D eigenvalue weighted by Gasteiger charge is 2.09. The van der Waals surface area contributed by atoms with Gasteiger partial charge in [-0.3, -0.25) is 15.5 Å². The van der Waals surface area contributed by atoms with E-state index in [-0.39, 0.29) is 5.69 Å². The third kappa shape index (κ3) is 4.64. The molecule has 0 saturated carbocycles. The van der Waals surface area contributed by atoms with E-state index < -0.39 is 4.92 Å². The molecule has 0 bridgehead atoms. The Kier molecular flexibility index (Phi) is 5.56. The molecule has 22 heavy (non-hydrogen) atoms. The normalized spacial score (nSPS) is 10.4. The van der Waals surface area contributed by atoms with Gasteiger partial charge in [-0.15, -0.1) is 0 Å². The lowest BCUT2D eigenvalue weighted by Crippen LogP contribution is -2.31. The number of rotatable bonds is 5. The molecule has 0 heterocycles. The minimum atomic E-state index is -0.451. The molecule has 0 aliphatic rings. The first-order valence-electron chi connectivity index (χ1n) is 6.51.